The van der Waals surface area contributed by atoms with Gasteiger partial charge in [0.2, 0.25) is 0 Å². The van der Waals surface area contributed by atoms with E-state index in [-0.39, 0.29) is 24.7 Å². The van der Waals surface area contributed by atoms with E-state index in [2.05, 4.69) is 5.16 Å². The molecule has 1 heterocycles. The van der Waals surface area contributed by atoms with Crippen molar-refractivity contribution in [3.05, 3.63) is 0 Å². The third kappa shape index (κ3) is 3.13. The van der Waals surface area contributed by atoms with Gasteiger partial charge in [-0.1, -0.05) is 5.16 Å². The molecule has 0 bridgehead atoms. The number of nitrogens with two attached hydrogens (primary N) is 1. The van der Waals surface area contributed by atoms with Crippen LogP contribution in [0.3, 0.4) is 0 Å². The molecule has 1 aliphatic heterocycles. The molecule has 0 aromatic rings. The molecule has 1 rings (SSSR count). The maximum absolute atomic E-state index is 8.96. The standard InChI is InChI=1S/C8H17N3O3/c1-6-2-11(4-8(9)10-13)3-7(5-12)14-6/h6-7,12-13H,2-5H2,1H3,(H2,9,10). The van der Waals surface area contributed by atoms with Crippen molar-refractivity contribution in [2.45, 2.75) is 19.1 Å². The van der Waals surface area contributed by atoms with E-state index in [1.165, 1.54) is 0 Å². The fourth-order valence-corrected chi connectivity index (χ4v) is 1.63. The monoisotopic (exact) mass is 203 g/mol. The zero-order chi connectivity index (χ0) is 10.6. The van der Waals surface area contributed by atoms with E-state index < -0.39 is 0 Å². The van der Waals surface area contributed by atoms with Crippen molar-refractivity contribution in [2.75, 3.05) is 26.2 Å². The van der Waals surface area contributed by atoms with Crippen molar-refractivity contribution in [3.63, 3.8) is 0 Å². The highest BCUT2D eigenvalue weighted by molar-refractivity contribution is 5.81. The Morgan fingerprint density at radius 3 is 2.93 bits per heavy atom. The third-order valence-corrected chi connectivity index (χ3v) is 2.12. The SMILES string of the molecule is CC1CN(CC(N)=NO)CC(CO)O1. The highest BCUT2D eigenvalue weighted by Crippen LogP contribution is 2.09. The average molecular weight is 203 g/mol. The lowest BCUT2D eigenvalue weighted by Crippen LogP contribution is -2.50. The Morgan fingerprint density at radius 2 is 2.36 bits per heavy atom. The number of aliphatic hydroxyl groups excluding tert-OH is 1. The molecule has 14 heavy (non-hydrogen) atoms. The molecule has 82 valence electrons. The second-order valence-corrected chi connectivity index (χ2v) is 3.54. The summed E-state index contributed by atoms with van der Waals surface area (Å²) in [5.41, 5.74) is 5.39. The summed E-state index contributed by atoms with van der Waals surface area (Å²) in [7, 11) is 0. The third-order valence-electron chi connectivity index (χ3n) is 2.12. The maximum Gasteiger partial charge on any atom is 0.153 e. The molecule has 6 nitrogen and oxygen atoms in total. The van der Waals surface area contributed by atoms with Crippen molar-refractivity contribution in [2.24, 2.45) is 10.9 Å². The summed E-state index contributed by atoms with van der Waals surface area (Å²) in [5, 5.41) is 20.3. The second kappa shape index (κ2) is 5.14. The van der Waals surface area contributed by atoms with Crippen molar-refractivity contribution in [1.29, 1.82) is 0 Å². The van der Waals surface area contributed by atoms with E-state index in [1.54, 1.807) is 0 Å². The van der Waals surface area contributed by atoms with E-state index in [1.807, 2.05) is 11.8 Å². The largest absolute Gasteiger partial charge is 0.409 e. The minimum absolute atomic E-state index is 0.00296. The summed E-state index contributed by atoms with van der Waals surface area (Å²) in [4.78, 5) is 1.99. The molecule has 0 aromatic carbocycles. The highest BCUT2D eigenvalue weighted by atomic mass is 16.5. The number of hydrogen-bond acceptors (Lipinski definition) is 5. The molecular formula is C8H17N3O3. The molecule has 0 radical (unpaired) electrons. The minimum atomic E-state index is -0.176. The van der Waals surface area contributed by atoms with Crippen LogP contribution in [-0.2, 0) is 4.74 Å². The predicted octanol–water partition coefficient (Wildman–Crippen LogP) is -1.19. The van der Waals surface area contributed by atoms with Crippen LogP contribution in [0.2, 0.25) is 0 Å². The number of rotatable bonds is 3. The van der Waals surface area contributed by atoms with Gasteiger partial charge in [-0.25, -0.2) is 0 Å². The fourth-order valence-electron chi connectivity index (χ4n) is 1.63. The van der Waals surface area contributed by atoms with Crippen LogP contribution in [0.1, 0.15) is 6.92 Å². The van der Waals surface area contributed by atoms with Crippen LogP contribution in [0.5, 0.6) is 0 Å². The van der Waals surface area contributed by atoms with Gasteiger partial charge in [-0.05, 0) is 6.92 Å². The molecule has 0 saturated carbocycles. The van der Waals surface area contributed by atoms with Crippen LogP contribution in [0.25, 0.3) is 0 Å². The van der Waals surface area contributed by atoms with E-state index in [0.29, 0.717) is 13.1 Å². The van der Waals surface area contributed by atoms with Gasteiger partial charge in [0.25, 0.3) is 0 Å². The van der Waals surface area contributed by atoms with Gasteiger partial charge in [0.05, 0.1) is 25.4 Å². The maximum atomic E-state index is 8.96. The first kappa shape index (κ1) is 11.2. The van der Waals surface area contributed by atoms with Gasteiger partial charge in [0.15, 0.2) is 5.84 Å². The summed E-state index contributed by atoms with van der Waals surface area (Å²) in [6.45, 7) is 3.67. The quantitative estimate of drug-likeness (QED) is 0.232. The van der Waals surface area contributed by atoms with Gasteiger partial charge in [0.1, 0.15) is 0 Å². The fraction of sp³-hybridized carbons (Fsp3) is 0.875. The molecule has 0 aromatic heterocycles. The topological polar surface area (TPSA) is 91.3 Å². The molecule has 2 atom stereocenters. The zero-order valence-corrected chi connectivity index (χ0v) is 8.26. The van der Waals surface area contributed by atoms with Gasteiger partial charge >= 0.3 is 0 Å². The van der Waals surface area contributed by atoms with Gasteiger partial charge in [-0.2, -0.15) is 0 Å². The van der Waals surface area contributed by atoms with Crippen molar-refractivity contribution < 1.29 is 15.1 Å². The highest BCUT2D eigenvalue weighted by Gasteiger charge is 2.24. The normalized spacial score (nSPS) is 30.6. The van der Waals surface area contributed by atoms with E-state index in [9.17, 15) is 0 Å². The first-order valence-corrected chi connectivity index (χ1v) is 4.60. The van der Waals surface area contributed by atoms with Gasteiger partial charge in [-0.3, -0.25) is 4.90 Å². The summed E-state index contributed by atoms with van der Waals surface area (Å²) in [6.07, 6.45) is -0.113. The number of aliphatic hydroxyl groups is 1. The van der Waals surface area contributed by atoms with Gasteiger partial charge in [-0.15, -0.1) is 0 Å². The lowest BCUT2D eigenvalue weighted by Gasteiger charge is -2.35. The van der Waals surface area contributed by atoms with Crippen LogP contribution in [0, 0.1) is 0 Å². The minimum Gasteiger partial charge on any atom is -0.409 e. The molecule has 0 aliphatic carbocycles. The number of morpholine rings is 1. The van der Waals surface area contributed by atoms with Crippen LogP contribution in [0.4, 0.5) is 0 Å². The lowest BCUT2D eigenvalue weighted by molar-refractivity contribution is -0.0915. The molecule has 4 N–H and O–H groups in total. The van der Waals surface area contributed by atoms with E-state index in [0.717, 1.165) is 6.54 Å². The number of hydrogen-bond donors (Lipinski definition) is 3. The molecule has 1 saturated heterocycles. The second-order valence-electron chi connectivity index (χ2n) is 3.54. The smallest absolute Gasteiger partial charge is 0.153 e. The molecule has 0 spiro atoms. The van der Waals surface area contributed by atoms with Crippen molar-refractivity contribution in [3.8, 4) is 0 Å². The molecule has 1 fully saturated rings. The van der Waals surface area contributed by atoms with Crippen molar-refractivity contribution >= 4 is 5.84 Å². The summed E-state index contributed by atoms with van der Waals surface area (Å²) >= 11 is 0. The zero-order valence-electron chi connectivity index (χ0n) is 8.26. The molecule has 1 aliphatic rings. The number of ether oxygens (including phenoxy) is 1. The summed E-state index contributed by atoms with van der Waals surface area (Å²) in [5.74, 6) is 0.177. The Bertz CT molecular complexity index is 210. The van der Waals surface area contributed by atoms with Crippen LogP contribution >= 0.6 is 0 Å². The van der Waals surface area contributed by atoms with E-state index >= 15 is 0 Å². The van der Waals surface area contributed by atoms with Crippen molar-refractivity contribution in [1.82, 2.24) is 4.90 Å². The Labute approximate surface area is 82.9 Å². The molecule has 6 heteroatoms. The summed E-state index contributed by atoms with van der Waals surface area (Å²) < 4.78 is 5.45. The number of amidine groups is 1. The van der Waals surface area contributed by atoms with Crippen LogP contribution in [0.15, 0.2) is 5.16 Å². The van der Waals surface area contributed by atoms with E-state index in [4.69, 9.17) is 20.8 Å². The Kier molecular flexibility index (Phi) is 4.12. The number of oxime groups is 1. The summed E-state index contributed by atoms with van der Waals surface area (Å²) in [6, 6.07) is 0. The first-order valence-electron chi connectivity index (χ1n) is 4.60. The molecule has 0 amide bonds. The predicted molar refractivity (Wildman–Crippen MR) is 51.3 cm³/mol. The molecule has 2 unspecified atom stereocenters. The molecular weight excluding hydrogens is 186 g/mol. The Balaban J connectivity index is 2.45. The van der Waals surface area contributed by atoms with Gasteiger partial charge < -0.3 is 20.8 Å². The first-order chi connectivity index (χ1) is 6.65. The van der Waals surface area contributed by atoms with Crippen LogP contribution in [-0.4, -0.2) is 59.5 Å². The van der Waals surface area contributed by atoms with Gasteiger partial charge in [0, 0.05) is 13.1 Å². The van der Waals surface area contributed by atoms with Crippen LogP contribution < -0.4 is 5.73 Å². The average Bonchev–Trinajstić information content (AvgIpc) is 2.16. The Morgan fingerprint density at radius 1 is 1.64 bits per heavy atom. The lowest BCUT2D eigenvalue weighted by atomic mass is 10.2. The number of nitrogens with zero attached hydrogens (tertiary/aromatic N) is 2. The Hall–Kier alpha value is -0.850.